The lowest BCUT2D eigenvalue weighted by atomic mass is 9.96. The highest BCUT2D eigenvalue weighted by molar-refractivity contribution is 6.07. The van der Waals surface area contributed by atoms with Crippen LogP contribution in [0.2, 0.25) is 0 Å². The molecule has 0 aromatic heterocycles. The van der Waals surface area contributed by atoms with Crippen molar-refractivity contribution in [3.05, 3.63) is 59.7 Å². The minimum Gasteiger partial charge on any atom is -0.355 e. The van der Waals surface area contributed by atoms with Gasteiger partial charge in [-0.3, -0.25) is 10.1 Å². The minimum atomic E-state index is -0.842. The summed E-state index contributed by atoms with van der Waals surface area (Å²) in [5, 5.41) is 9.61. The van der Waals surface area contributed by atoms with Gasteiger partial charge in [0.2, 0.25) is 0 Å². The van der Waals surface area contributed by atoms with Crippen molar-refractivity contribution < 1.29 is 4.79 Å². The number of benzene rings is 2. The van der Waals surface area contributed by atoms with Crippen LogP contribution in [0.15, 0.2) is 48.5 Å². The summed E-state index contributed by atoms with van der Waals surface area (Å²) in [6.07, 6.45) is 0. The number of carbonyl (C=O) groups is 1. The summed E-state index contributed by atoms with van der Waals surface area (Å²) in [6.45, 7) is 0.672. The van der Waals surface area contributed by atoms with Crippen LogP contribution in [0, 0.1) is 0 Å². The molecule has 2 aromatic carbocycles. The normalized spacial score (nSPS) is 23.5. The van der Waals surface area contributed by atoms with Gasteiger partial charge in [0.05, 0.1) is 0 Å². The standard InChI is InChI=1S/C15H13N3O/c19-14-15(11-6-2-4-8-13(11)17-14)16-9-10-5-1-3-7-12(10)18-15/h1-8,16,18H,9H2,(H,17,19)/t15-/m1/s1. The number of nitrogens with one attached hydrogen (secondary N) is 3. The van der Waals surface area contributed by atoms with Gasteiger partial charge in [0.1, 0.15) is 0 Å². The van der Waals surface area contributed by atoms with Crippen LogP contribution < -0.4 is 16.0 Å². The monoisotopic (exact) mass is 251 g/mol. The molecule has 4 nitrogen and oxygen atoms in total. The number of hydrogen-bond acceptors (Lipinski definition) is 3. The highest BCUT2D eigenvalue weighted by Gasteiger charge is 2.48. The van der Waals surface area contributed by atoms with Crippen LogP contribution in [0.1, 0.15) is 11.1 Å². The molecule has 1 amide bonds. The van der Waals surface area contributed by atoms with Crippen molar-refractivity contribution in [2.45, 2.75) is 12.2 Å². The van der Waals surface area contributed by atoms with Crippen LogP contribution in [-0.4, -0.2) is 5.91 Å². The topological polar surface area (TPSA) is 53.2 Å². The molecule has 0 saturated carbocycles. The van der Waals surface area contributed by atoms with E-state index in [1.165, 1.54) is 5.56 Å². The van der Waals surface area contributed by atoms with Crippen molar-refractivity contribution in [1.82, 2.24) is 5.32 Å². The van der Waals surface area contributed by atoms with E-state index in [1.807, 2.05) is 42.5 Å². The van der Waals surface area contributed by atoms with Crippen molar-refractivity contribution in [2.24, 2.45) is 0 Å². The Morgan fingerprint density at radius 1 is 0.947 bits per heavy atom. The molecule has 3 N–H and O–H groups in total. The van der Waals surface area contributed by atoms with E-state index >= 15 is 0 Å². The minimum absolute atomic E-state index is 0.0526. The van der Waals surface area contributed by atoms with Crippen molar-refractivity contribution in [1.29, 1.82) is 0 Å². The Morgan fingerprint density at radius 3 is 2.58 bits per heavy atom. The lowest BCUT2D eigenvalue weighted by molar-refractivity contribution is -0.121. The zero-order chi connectivity index (χ0) is 12.9. The number of anilines is 2. The molecule has 2 aromatic rings. The Hall–Kier alpha value is -2.33. The first-order chi connectivity index (χ1) is 9.29. The highest BCUT2D eigenvalue weighted by Crippen LogP contribution is 2.39. The third-order valence-electron chi connectivity index (χ3n) is 3.80. The van der Waals surface area contributed by atoms with Gasteiger partial charge in [-0.05, 0) is 17.7 Å². The molecule has 0 saturated heterocycles. The molecule has 2 aliphatic heterocycles. The smallest absolute Gasteiger partial charge is 0.270 e. The number of fused-ring (bicyclic) bond motifs is 3. The average Bonchev–Trinajstić information content (AvgIpc) is 2.72. The van der Waals surface area contributed by atoms with Gasteiger partial charge in [0.25, 0.3) is 5.91 Å². The lowest BCUT2D eigenvalue weighted by Gasteiger charge is -2.36. The van der Waals surface area contributed by atoms with Gasteiger partial charge in [0.15, 0.2) is 5.66 Å². The Morgan fingerprint density at radius 2 is 1.68 bits per heavy atom. The van der Waals surface area contributed by atoms with Gasteiger partial charge < -0.3 is 10.6 Å². The summed E-state index contributed by atoms with van der Waals surface area (Å²) in [5.74, 6) is -0.0526. The van der Waals surface area contributed by atoms with Crippen molar-refractivity contribution in [3.8, 4) is 0 Å². The first kappa shape index (κ1) is 10.6. The summed E-state index contributed by atoms with van der Waals surface area (Å²) in [5.41, 5.74) is 3.16. The van der Waals surface area contributed by atoms with Crippen LogP contribution >= 0.6 is 0 Å². The largest absolute Gasteiger partial charge is 0.355 e. The molecular weight excluding hydrogens is 238 g/mol. The van der Waals surface area contributed by atoms with Gasteiger partial charge in [-0.15, -0.1) is 0 Å². The fourth-order valence-corrected chi connectivity index (χ4v) is 2.83. The first-order valence-corrected chi connectivity index (χ1v) is 6.32. The fourth-order valence-electron chi connectivity index (χ4n) is 2.83. The van der Waals surface area contributed by atoms with Crippen molar-refractivity contribution in [3.63, 3.8) is 0 Å². The summed E-state index contributed by atoms with van der Waals surface area (Å²) < 4.78 is 0. The number of hydrogen-bond donors (Lipinski definition) is 3. The second kappa shape index (κ2) is 3.59. The van der Waals surface area contributed by atoms with Gasteiger partial charge in [-0.25, -0.2) is 0 Å². The van der Waals surface area contributed by atoms with Crippen LogP contribution in [0.25, 0.3) is 0 Å². The van der Waals surface area contributed by atoms with Crippen LogP contribution in [-0.2, 0) is 17.0 Å². The Labute approximate surface area is 110 Å². The predicted molar refractivity (Wildman–Crippen MR) is 73.7 cm³/mol. The van der Waals surface area contributed by atoms with E-state index in [0.717, 1.165) is 16.9 Å². The van der Waals surface area contributed by atoms with Crippen LogP contribution in [0.5, 0.6) is 0 Å². The molecular formula is C15H13N3O. The number of para-hydroxylation sites is 2. The highest BCUT2D eigenvalue weighted by atomic mass is 16.2. The molecule has 2 heterocycles. The van der Waals surface area contributed by atoms with E-state index in [2.05, 4.69) is 22.0 Å². The van der Waals surface area contributed by atoms with Crippen molar-refractivity contribution >= 4 is 17.3 Å². The molecule has 94 valence electrons. The van der Waals surface area contributed by atoms with Gasteiger partial charge >= 0.3 is 0 Å². The third kappa shape index (κ3) is 1.34. The van der Waals surface area contributed by atoms with Gasteiger partial charge in [0, 0.05) is 23.5 Å². The summed E-state index contributed by atoms with van der Waals surface area (Å²) >= 11 is 0. The maximum Gasteiger partial charge on any atom is 0.270 e. The molecule has 0 radical (unpaired) electrons. The molecule has 1 spiro atoms. The second-order valence-corrected chi connectivity index (χ2v) is 4.89. The van der Waals surface area contributed by atoms with E-state index in [-0.39, 0.29) is 5.91 Å². The Balaban J connectivity index is 1.87. The fraction of sp³-hybridized carbons (Fsp3) is 0.133. The number of carbonyl (C=O) groups excluding carboxylic acids is 1. The molecule has 4 rings (SSSR count). The zero-order valence-corrected chi connectivity index (χ0v) is 10.2. The molecule has 4 heteroatoms. The second-order valence-electron chi connectivity index (χ2n) is 4.89. The summed E-state index contributed by atoms with van der Waals surface area (Å²) in [4.78, 5) is 12.4. The number of amides is 1. The molecule has 0 fully saturated rings. The quantitative estimate of drug-likeness (QED) is 0.671. The van der Waals surface area contributed by atoms with E-state index in [9.17, 15) is 4.79 Å². The maximum atomic E-state index is 12.4. The Kier molecular flexibility index (Phi) is 2.00. The lowest BCUT2D eigenvalue weighted by Crippen LogP contribution is -2.56. The zero-order valence-electron chi connectivity index (χ0n) is 10.2. The van der Waals surface area contributed by atoms with Crippen LogP contribution in [0.4, 0.5) is 11.4 Å². The molecule has 0 bridgehead atoms. The maximum absolute atomic E-state index is 12.4. The van der Waals surface area contributed by atoms with Crippen LogP contribution in [0.3, 0.4) is 0 Å². The average molecular weight is 251 g/mol. The molecule has 0 unspecified atom stereocenters. The molecule has 1 atom stereocenters. The van der Waals surface area contributed by atoms with Gasteiger partial charge in [-0.1, -0.05) is 36.4 Å². The molecule has 0 aliphatic carbocycles. The SMILES string of the molecule is O=C1Nc2ccccc2[C@]12NCc1ccccc1N2. The van der Waals surface area contributed by atoms with E-state index < -0.39 is 5.66 Å². The molecule has 19 heavy (non-hydrogen) atoms. The predicted octanol–water partition coefficient (Wildman–Crippen LogP) is 2.01. The van der Waals surface area contributed by atoms with E-state index in [4.69, 9.17) is 0 Å². The number of rotatable bonds is 0. The Bertz CT molecular complexity index is 683. The van der Waals surface area contributed by atoms with Gasteiger partial charge in [-0.2, -0.15) is 0 Å². The van der Waals surface area contributed by atoms with E-state index in [1.54, 1.807) is 0 Å². The molecule has 2 aliphatic rings. The summed E-state index contributed by atoms with van der Waals surface area (Å²) in [6, 6.07) is 15.8. The summed E-state index contributed by atoms with van der Waals surface area (Å²) in [7, 11) is 0. The first-order valence-electron chi connectivity index (χ1n) is 6.32. The third-order valence-corrected chi connectivity index (χ3v) is 3.80. The van der Waals surface area contributed by atoms with Crippen molar-refractivity contribution in [2.75, 3.05) is 10.6 Å². The van der Waals surface area contributed by atoms with E-state index in [0.29, 0.717) is 6.54 Å².